The van der Waals surface area contributed by atoms with Gasteiger partial charge in [-0.15, -0.1) is 0 Å². The summed E-state index contributed by atoms with van der Waals surface area (Å²) in [6.45, 7) is 7.25. The topological polar surface area (TPSA) is 74.6 Å². The van der Waals surface area contributed by atoms with Crippen molar-refractivity contribution in [1.29, 1.82) is 0 Å². The van der Waals surface area contributed by atoms with Gasteiger partial charge in [-0.3, -0.25) is 0 Å². The molecular formula is C52H94N2O4S+2. The molecule has 0 fully saturated rings. The second-order valence-electron chi connectivity index (χ2n) is 18.9. The van der Waals surface area contributed by atoms with Crippen molar-refractivity contribution >= 4 is 23.7 Å². The van der Waals surface area contributed by atoms with Gasteiger partial charge in [-0.1, -0.05) is 204 Å². The fraction of sp³-hybridized carbons (Fsp3) is 0.731. The molecule has 340 valence electrons. The second-order valence-corrected chi connectivity index (χ2v) is 20.0. The summed E-state index contributed by atoms with van der Waals surface area (Å²) in [5, 5.41) is 18.2. The average molecular weight is 843 g/mol. The Labute approximate surface area is 369 Å². The van der Waals surface area contributed by atoms with Gasteiger partial charge in [0.05, 0.1) is 66.5 Å². The summed E-state index contributed by atoms with van der Waals surface area (Å²) in [5.41, 5.74) is 0.320. The van der Waals surface area contributed by atoms with E-state index in [-0.39, 0.29) is 11.1 Å². The van der Waals surface area contributed by atoms with Gasteiger partial charge in [-0.2, -0.15) is 0 Å². The van der Waals surface area contributed by atoms with Crippen LogP contribution in [0.1, 0.15) is 214 Å². The largest absolute Gasteiger partial charge is 0.478 e. The highest BCUT2D eigenvalue weighted by atomic mass is 32.2. The molecular weight excluding hydrogens is 749 g/mol. The summed E-state index contributed by atoms with van der Waals surface area (Å²) in [5.74, 6) is -2.06. The summed E-state index contributed by atoms with van der Waals surface area (Å²) in [4.78, 5) is 23.2. The van der Waals surface area contributed by atoms with Crippen LogP contribution in [0, 0.1) is 0 Å². The highest BCUT2D eigenvalue weighted by Gasteiger charge is 2.15. The van der Waals surface area contributed by atoms with Gasteiger partial charge in [0.1, 0.15) is 0 Å². The van der Waals surface area contributed by atoms with Crippen LogP contribution < -0.4 is 0 Å². The van der Waals surface area contributed by atoms with Gasteiger partial charge < -0.3 is 19.2 Å². The molecule has 59 heavy (non-hydrogen) atoms. The van der Waals surface area contributed by atoms with Gasteiger partial charge in [0.15, 0.2) is 0 Å². The van der Waals surface area contributed by atoms with E-state index >= 15 is 0 Å². The van der Waals surface area contributed by atoms with E-state index in [1.54, 1.807) is 36.4 Å². The summed E-state index contributed by atoms with van der Waals surface area (Å²) in [6, 6.07) is 13.0. The van der Waals surface area contributed by atoms with Gasteiger partial charge in [-0.25, -0.2) is 9.59 Å². The maximum Gasteiger partial charge on any atom is 0.336 e. The van der Waals surface area contributed by atoms with Gasteiger partial charge in [-0.05, 0) is 49.9 Å². The van der Waals surface area contributed by atoms with Crippen molar-refractivity contribution in [2.24, 2.45) is 0 Å². The lowest BCUT2D eigenvalue weighted by Crippen LogP contribution is -2.35. The van der Waals surface area contributed by atoms with Crippen LogP contribution in [-0.4, -0.2) is 86.5 Å². The molecule has 0 saturated carbocycles. The molecule has 0 radical (unpaired) electrons. The Bertz CT molecular complexity index is 1190. The quantitative estimate of drug-likeness (QED) is 0.0542. The Balaban J connectivity index is 0.000000855. The molecule has 7 heteroatoms. The van der Waals surface area contributed by atoms with E-state index in [9.17, 15) is 9.59 Å². The minimum atomic E-state index is -1.03. The van der Waals surface area contributed by atoms with E-state index in [4.69, 9.17) is 10.2 Å². The van der Waals surface area contributed by atoms with E-state index in [0.717, 1.165) is 20.7 Å². The number of carboxylic acid groups (broad SMARTS) is 2. The Morgan fingerprint density at radius 2 is 0.610 bits per heavy atom. The van der Waals surface area contributed by atoms with Crippen molar-refractivity contribution in [3.05, 3.63) is 59.7 Å². The van der Waals surface area contributed by atoms with E-state index in [2.05, 4.69) is 56.1 Å². The molecule has 2 N–H and O–H groups in total. The van der Waals surface area contributed by atoms with Crippen LogP contribution >= 0.6 is 11.8 Å². The van der Waals surface area contributed by atoms with Gasteiger partial charge >= 0.3 is 11.9 Å². The number of unbranched alkanes of at least 4 members (excludes halogenated alkanes) is 26. The molecule has 0 atom stereocenters. The maximum absolute atomic E-state index is 11.1. The van der Waals surface area contributed by atoms with Gasteiger partial charge in [0.25, 0.3) is 0 Å². The first-order chi connectivity index (χ1) is 28.2. The molecule has 0 spiro atoms. The molecule has 6 nitrogen and oxygen atoms in total. The van der Waals surface area contributed by atoms with Crippen molar-refractivity contribution in [2.45, 2.75) is 203 Å². The normalized spacial score (nSPS) is 11.4. The molecule has 0 aliphatic carbocycles. The predicted molar refractivity (Wildman–Crippen MR) is 257 cm³/mol. The van der Waals surface area contributed by atoms with Crippen molar-refractivity contribution in [2.75, 3.05) is 55.4 Å². The second kappa shape index (κ2) is 37.4. The molecule has 0 aliphatic rings. The number of aromatic carboxylic acids is 2. The minimum Gasteiger partial charge on any atom is -0.478 e. The van der Waals surface area contributed by atoms with Crippen LogP contribution in [0.15, 0.2) is 58.3 Å². The Morgan fingerprint density at radius 1 is 0.390 bits per heavy atom. The number of hydrogen-bond donors (Lipinski definition) is 2. The Morgan fingerprint density at radius 3 is 0.831 bits per heavy atom. The van der Waals surface area contributed by atoms with Crippen LogP contribution in [0.25, 0.3) is 0 Å². The molecule has 0 amide bonds. The number of benzene rings is 2. The molecule has 0 heterocycles. The lowest BCUT2D eigenvalue weighted by molar-refractivity contribution is -0.870. The number of carbonyl (C=O) groups is 2. The summed E-state index contributed by atoms with van der Waals surface area (Å²) in [6.07, 6.45) is 40.7. The van der Waals surface area contributed by atoms with Gasteiger partial charge in [0, 0.05) is 9.79 Å². The predicted octanol–water partition coefficient (Wildman–Crippen LogP) is 15.6. The summed E-state index contributed by atoms with van der Waals surface area (Å²) in [7, 11) is 13.8. The molecule has 0 saturated heterocycles. The minimum absolute atomic E-state index is 0.160. The van der Waals surface area contributed by atoms with Crippen molar-refractivity contribution in [3.63, 3.8) is 0 Å². The standard InChI is InChI=1S/2C19H42N.C14H10O4S/c2*1-5-6-7-8-9-10-11-12-13-14-15-16-17-18-19-20(2,3)4;15-13(16)9-5-1-3-7-11(9)19-12-8-4-2-6-10(12)14(17)18/h2*5-19H2,1-4H3;1-8H,(H,15,16)(H,17,18)/q2*+1;. The number of rotatable bonds is 34. The first-order valence-corrected chi connectivity index (χ1v) is 25.0. The SMILES string of the molecule is CCCCCCCCCCCCCCCC[N+](C)(C)C.CCCCCCCCCCCCCCCC[N+](C)(C)C.O=C(O)c1ccccc1Sc1ccccc1C(=O)O. The Hall–Kier alpha value is -2.35. The highest BCUT2D eigenvalue weighted by Crippen LogP contribution is 2.33. The Kier molecular flexibility index (Phi) is 35.9. The van der Waals surface area contributed by atoms with Crippen molar-refractivity contribution < 1.29 is 28.8 Å². The molecule has 2 aromatic rings. The lowest BCUT2D eigenvalue weighted by atomic mass is 10.0. The number of quaternary nitrogens is 2. The number of carboxylic acids is 2. The van der Waals surface area contributed by atoms with Crippen LogP contribution in [0.3, 0.4) is 0 Å². The first kappa shape index (κ1) is 56.6. The zero-order chi connectivity index (χ0) is 44.0. The van der Waals surface area contributed by atoms with Crippen LogP contribution in [-0.2, 0) is 0 Å². The fourth-order valence-electron chi connectivity index (χ4n) is 7.14. The fourth-order valence-corrected chi connectivity index (χ4v) is 8.21. The third-order valence-electron chi connectivity index (χ3n) is 10.8. The maximum atomic E-state index is 11.1. The van der Waals surface area contributed by atoms with E-state index in [1.165, 1.54) is 205 Å². The molecule has 0 unspecified atom stereocenters. The summed E-state index contributed by atoms with van der Waals surface area (Å²) < 4.78 is 2.25. The first-order valence-electron chi connectivity index (χ1n) is 24.1. The molecule has 0 aromatic heterocycles. The smallest absolute Gasteiger partial charge is 0.336 e. The van der Waals surface area contributed by atoms with Gasteiger partial charge in [0.2, 0.25) is 0 Å². The van der Waals surface area contributed by atoms with Crippen molar-refractivity contribution in [3.8, 4) is 0 Å². The monoisotopic (exact) mass is 843 g/mol. The molecule has 2 rings (SSSR count). The average Bonchev–Trinajstić information content (AvgIpc) is 3.18. The lowest BCUT2D eigenvalue weighted by Gasteiger charge is -2.23. The molecule has 2 aromatic carbocycles. The van der Waals surface area contributed by atoms with Crippen molar-refractivity contribution in [1.82, 2.24) is 0 Å². The highest BCUT2D eigenvalue weighted by molar-refractivity contribution is 7.99. The van der Waals surface area contributed by atoms with Crippen LogP contribution in [0.5, 0.6) is 0 Å². The third kappa shape index (κ3) is 37.2. The van der Waals surface area contributed by atoms with E-state index in [1.807, 2.05) is 0 Å². The van der Waals surface area contributed by atoms with E-state index < -0.39 is 11.9 Å². The van der Waals surface area contributed by atoms with Crippen LogP contribution in [0.4, 0.5) is 0 Å². The third-order valence-corrected chi connectivity index (χ3v) is 12.0. The molecule has 0 bridgehead atoms. The number of nitrogens with zero attached hydrogens (tertiary/aromatic N) is 2. The number of hydrogen-bond acceptors (Lipinski definition) is 3. The summed E-state index contributed by atoms with van der Waals surface area (Å²) >= 11 is 1.14. The zero-order valence-electron chi connectivity index (χ0n) is 39.8. The molecule has 0 aliphatic heterocycles. The zero-order valence-corrected chi connectivity index (χ0v) is 40.7. The van der Waals surface area contributed by atoms with E-state index in [0.29, 0.717) is 9.79 Å². The van der Waals surface area contributed by atoms with Crippen LogP contribution in [0.2, 0.25) is 0 Å².